The molecule has 2 aliphatic rings. The topological polar surface area (TPSA) is 176 Å². The van der Waals surface area contributed by atoms with Gasteiger partial charge in [0.2, 0.25) is 0 Å². The molecule has 0 atom stereocenters. The molecule has 0 spiro atoms. The Morgan fingerprint density at radius 2 is 1.15 bits per heavy atom. The lowest BCUT2D eigenvalue weighted by Gasteiger charge is -2.10. The van der Waals surface area contributed by atoms with Crippen molar-refractivity contribution < 1.29 is 19.1 Å². The Morgan fingerprint density at radius 3 is 1.71 bits per heavy atom. The van der Waals surface area contributed by atoms with Crippen LogP contribution in [-0.4, -0.2) is 57.4 Å². The van der Waals surface area contributed by atoms with Gasteiger partial charge in [-0.2, -0.15) is 0 Å². The molecule has 12 rings (SSSR count). The van der Waals surface area contributed by atoms with Gasteiger partial charge >= 0.3 is 7.12 Å². The van der Waals surface area contributed by atoms with Crippen molar-refractivity contribution in [2.24, 2.45) is 0 Å². The predicted molar refractivity (Wildman–Crippen MR) is 251 cm³/mol. The molecule has 2 fully saturated rings. The molecule has 0 aliphatic heterocycles. The molecule has 0 amide bonds. The van der Waals surface area contributed by atoms with Crippen LogP contribution in [0, 0.1) is 31.3 Å². The maximum absolute atomic E-state index is 9.05. The third-order valence-corrected chi connectivity index (χ3v) is 12.5. The van der Waals surface area contributed by atoms with Crippen LogP contribution in [0.15, 0.2) is 106 Å². The first-order chi connectivity index (χ1) is 30.1. The van der Waals surface area contributed by atoms with Crippen LogP contribution in [-0.2, 0) is 0 Å². The Balaban J connectivity index is 0.000000120. The second-order valence-electron chi connectivity index (χ2n) is 16.1. The first-order valence-electron chi connectivity index (χ1n) is 20.7. The van der Waals surface area contributed by atoms with E-state index >= 15 is 0 Å². The monoisotopic (exact) mass is 932 g/mol. The number of aryl methyl sites for hydroxylation is 4. The Bertz CT molecular complexity index is 3240. The molecule has 2 aliphatic carbocycles. The molecule has 2 saturated carbocycles. The Morgan fingerprint density at radius 1 is 0.613 bits per heavy atom. The fraction of sp³-hybridized carbons (Fsp3) is 0.208. The molecule has 6 aromatic heterocycles. The zero-order valence-corrected chi connectivity index (χ0v) is 36.7. The van der Waals surface area contributed by atoms with E-state index in [9.17, 15) is 0 Å². The summed E-state index contributed by atoms with van der Waals surface area (Å²) in [6.45, 7) is 7.88. The van der Waals surface area contributed by atoms with E-state index in [0.29, 0.717) is 17.3 Å². The maximum atomic E-state index is 9.05. The molecule has 308 valence electrons. The number of aromatic nitrogens is 8. The van der Waals surface area contributed by atoms with Crippen LogP contribution in [0.4, 0.5) is 0 Å². The van der Waals surface area contributed by atoms with Gasteiger partial charge in [-0.1, -0.05) is 46.7 Å². The standard InChI is InChI=1S/C24H20N4O.C15H14IN3O.C9H8BNO2/c1-13-22(14(2)29-28-13)16-11-19(17-5-3-7-20-18(17)6-4-10-25-20)23-21(12-16)26-24(27-23)15-8-9-15;1-7-13(8(2)20-19-7)10-5-11(16)14-12(6-10)17-15(18-14)9-3-4-9;12-10(13)8-4-1-5-9-7(8)3-2-6-11-9/h3-7,10-12,15H,8-9H2,1-2H3,(H,26,27);5-6,9H,3-4H2,1-2H3,(H,17,18);1-6,12-13H. The van der Waals surface area contributed by atoms with Gasteiger partial charge in [-0.25, -0.2) is 9.97 Å². The number of benzene rings is 4. The Hall–Kier alpha value is -6.23. The summed E-state index contributed by atoms with van der Waals surface area (Å²) in [6, 6.07) is 27.9. The van der Waals surface area contributed by atoms with Crippen molar-refractivity contribution in [1.82, 2.24) is 40.2 Å². The Kier molecular flexibility index (Phi) is 10.4. The van der Waals surface area contributed by atoms with E-state index in [1.54, 1.807) is 24.4 Å². The highest BCUT2D eigenvalue weighted by Gasteiger charge is 2.29. The molecule has 6 heterocycles. The molecule has 0 saturated heterocycles. The third kappa shape index (κ3) is 7.67. The third-order valence-electron chi connectivity index (χ3n) is 11.6. The number of hydrogen-bond acceptors (Lipinski definition) is 10. The van der Waals surface area contributed by atoms with Crippen LogP contribution >= 0.6 is 22.6 Å². The average molecular weight is 933 g/mol. The van der Waals surface area contributed by atoms with Gasteiger partial charge in [-0.05, 0) is 152 Å². The highest BCUT2D eigenvalue weighted by atomic mass is 127. The molecule has 4 N–H and O–H groups in total. The lowest BCUT2D eigenvalue weighted by molar-refractivity contribution is 0.393. The average Bonchev–Trinajstić information content (AvgIpc) is 4.17. The number of pyridine rings is 2. The number of aromatic amines is 2. The van der Waals surface area contributed by atoms with E-state index in [1.165, 1.54) is 29.3 Å². The number of imidazole rings is 2. The normalized spacial score (nSPS) is 13.7. The molecule has 10 aromatic rings. The van der Waals surface area contributed by atoms with Gasteiger partial charge in [0.1, 0.15) is 28.7 Å². The largest absolute Gasteiger partial charge is 0.489 e. The summed E-state index contributed by atoms with van der Waals surface area (Å²) in [5.41, 5.74) is 14.9. The molecule has 4 aromatic carbocycles. The highest BCUT2D eigenvalue weighted by molar-refractivity contribution is 14.1. The fourth-order valence-electron chi connectivity index (χ4n) is 8.31. The zero-order valence-electron chi connectivity index (χ0n) is 34.6. The molecular weight excluding hydrogens is 890 g/mol. The second kappa shape index (κ2) is 16.2. The van der Waals surface area contributed by atoms with Gasteiger partial charge in [-0.3, -0.25) is 9.97 Å². The molecule has 12 nitrogen and oxygen atoms in total. The van der Waals surface area contributed by atoms with Crippen molar-refractivity contribution in [2.75, 3.05) is 0 Å². The highest BCUT2D eigenvalue weighted by Crippen LogP contribution is 2.43. The first kappa shape index (κ1) is 39.9. The van der Waals surface area contributed by atoms with Crippen molar-refractivity contribution in [1.29, 1.82) is 0 Å². The predicted octanol–water partition coefficient (Wildman–Crippen LogP) is 10.2. The number of hydrogen-bond donors (Lipinski definition) is 4. The minimum Gasteiger partial charge on any atom is -0.423 e. The SMILES string of the molecule is Cc1noc(C)c1-c1cc(-c2cccc3ncccc23)c2nc(C3CC3)[nH]c2c1.Cc1noc(C)c1-c1cc(I)c2nc(C3CC3)[nH]c2c1.OB(O)c1cccc2ncccc12. The van der Waals surface area contributed by atoms with Gasteiger partial charge in [0, 0.05) is 49.9 Å². The molecule has 62 heavy (non-hydrogen) atoms. The van der Waals surface area contributed by atoms with Crippen molar-refractivity contribution >= 4 is 79.0 Å². The summed E-state index contributed by atoms with van der Waals surface area (Å²) in [4.78, 5) is 25.4. The maximum Gasteiger partial charge on any atom is 0.489 e. The summed E-state index contributed by atoms with van der Waals surface area (Å²) in [6.07, 6.45) is 8.45. The summed E-state index contributed by atoms with van der Waals surface area (Å²) >= 11 is 2.36. The summed E-state index contributed by atoms with van der Waals surface area (Å²) < 4.78 is 11.9. The minimum absolute atomic E-state index is 0.491. The molecule has 14 heteroatoms. The van der Waals surface area contributed by atoms with Crippen LogP contribution in [0.2, 0.25) is 0 Å². The van der Waals surface area contributed by atoms with Crippen LogP contribution in [0.1, 0.15) is 72.1 Å². The number of H-pyrrole nitrogens is 2. The first-order valence-corrected chi connectivity index (χ1v) is 21.8. The van der Waals surface area contributed by atoms with E-state index in [-0.39, 0.29) is 0 Å². The van der Waals surface area contributed by atoms with E-state index in [4.69, 9.17) is 29.1 Å². The van der Waals surface area contributed by atoms with Crippen molar-refractivity contribution in [3.05, 3.63) is 135 Å². The summed E-state index contributed by atoms with van der Waals surface area (Å²) in [5, 5.41) is 28.2. The van der Waals surface area contributed by atoms with Gasteiger partial charge in [0.05, 0.1) is 39.0 Å². The Labute approximate surface area is 370 Å². The molecular formula is C48H42BIN8O4. The van der Waals surface area contributed by atoms with E-state index < -0.39 is 7.12 Å². The fourth-order valence-corrected chi connectivity index (χ4v) is 9.05. The van der Waals surface area contributed by atoms with Gasteiger partial charge in [0.25, 0.3) is 0 Å². The van der Waals surface area contributed by atoms with E-state index in [2.05, 4.69) is 95.3 Å². The van der Waals surface area contributed by atoms with Crippen LogP contribution < -0.4 is 5.46 Å². The van der Waals surface area contributed by atoms with Crippen molar-refractivity contribution in [2.45, 2.75) is 65.2 Å². The molecule has 0 radical (unpaired) electrons. The van der Waals surface area contributed by atoms with E-state index in [1.807, 2.05) is 58.2 Å². The number of nitrogens with zero attached hydrogens (tertiary/aromatic N) is 6. The summed E-state index contributed by atoms with van der Waals surface area (Å²) in [7, 11) is -1.44. The summed E-state index contributed by atoms with van der Waals surface area (Å²) in [5.74, 6) is 5.12. The smallest absolute Gasteiger partial charge is 0.423 e. The van der Waals surface area contributed by atoms with Gasteiger partial charge in [-0.15, -0.1) is 0 Å². The zero-order chi connectivity index (χ0) is 42.6. The second-order valence-corrected chi connectivity index (χ2v) is 17.3. The van der Waals surface area contributed by atoms with E-state index in [0.717, 1.165) is 112 Å². The lowest BCUT2D eigenvalue weighted by Crippen LogP contribution is -2.30. The van der Waals surface area contributed by atoms with Crippen LogP contribution in [0.5, 0.6) is 0 Å². The van der Waals surface area contributed by atoms with Gasteiger partial charge in [0.15, 0.2) is 0 Å². The quantitative estimate of drug-likeness (QED) is 0.0928. The van der Waals surface area contributed by atoms with Crippen molar-refractivity contribution in [3.63, 3.8) is 0 Å². The van der Waals surface area contributed by atoms with Crippen LogP contribution in [0.3, 0.4) is 0 Å². The number of halogens is 1. The number of fused-ring (bicyclic) bond motifs is 4. The number of nitrogens with one attached hydrogen (secondary N) is 2. The van der Waals surface area contributed by atoms with Crippen molar-refractivity contribution in [3.8, 4) is 33.4 Å². The van der Waals surface area contributed by atoms with Crippen LogP contribution in [0.25, 0.3) is 77.3 Å². The van der Waals surface area contributed by atoms with Gasteiger partial charge < -0.3 is 29.1 Å². The minimum atomic E-state index is -1.44. The lowest BCUT2D eigenvalue weighted by atomic mass is 9.78. The molecule has 0 bridgehead atoms. The molecule has 0 unspecified atom stereocenters. The number of rotatable bonds is 6.